The SMILES string of the molecule is CCCC1(O)CN(S(=O)(=O)c2ccc3c(c2)CCO3)C1. The molecule has 0 spiro atoms. The van der Waals surface area contributed by atoms with Crippen molar-refractivity contribution in [3.63, 3.8) is 0 Å². The Kier molecular flexibility index (Phi) is 3.27. The molecule has 0 unspecified atom stereocenters. The molecule has 0 bridgehead atoms. The number of fused-ring (bicyclic) bond motifs is 1. The van der Waals surface area contributed by atoms with E-state index < -0.39 is 15.6 Å². The molecule has 0 atom stereocenters. The Bertz CT molecular complexity index is 620. The van der Waals surface area contributed by atoms with Gasteiger partial charge in [0.15, 0.2) is 0 Å². The molecule has 1 aromatic carbocycles. The zero-order valence-corrected chi connectivity index (χ0v) is 12.3. The molecule has 2 aliphatic heterocycles. The molecule has 0 saturated carbocycles. The predicted octanol–water partition coefficient (Wildman–Crippen LogP) is 1.16. The number of hydrogen-bond acceptors (Lipinski definition) is 4. The van der Waals surface area contributed by atoms with Gasteiger partial charge in [-0.15, -0.1) is 0 Å². The van der Waals surface area contributed by atoms with Crippen molar-refractivity contribution in [1.82, 2.24) is 4.31 Å². The summed E-state index contributed by atoms with van der Waals surface area (Å²) in [4.78, 5) is 0.292. The van der Waals surface area contributed by atoms with Crippen molar-refractivity contribution in [2.75, 3.05) is 19.7 Å². The Balaban J connectivity index is 1.80. The highest BCUT2D eigenvalue weighted by atomic mass is 32.2. The molecular weight excluding hydrogens is 278 g/mol. The van der Waals surface area contributed by atoms with Gasteiger partial charge in [0.05, 0.1) is 17.1 Å². The second kappa shape index (κ2) is 4.72. The number of benzene rings is 1. The summed E-state index contributed by atoms with van der Waals surface area (Å²) in [5.74, 6) is 0.773. The molecule has 2 aliphatic rings. The van der Waals surface area contributed by atoms with Gasteiger partial charge in [-0.1, -0.05) is 13.3 Å². The highest BCUT2D eigenvalue weighted by Gasteiger charge is 2.46. The molecule has 5 nitrogen and oxygen atoms in total. The Labute approximate surface area is 119 Å². The fraction of sp³-hybridized carbons (Fsp3) is 0.571. The lowest BCUT2D eigenvalue weighted by atomic mass is 9.92. The van der Waals surface area contributed by atoms with Crippen LogP contribution in [0, 0.1) is 0 Å². The van der Waals surface area contributed by atoms with Crippen molar-refractivity contribution >= 4 is 10.0 Å². The third-order valence-corrected chi connectivity index (χ3v) is 5.74. The number of ether oxygens (including phenoxy) is 1. The molecule has 0 aliphatic carbocycles. The number of rotatable bonds is 4. The summed E-state index contributed by atoms with van der Waals surface area (Å²) in [5, 5.41) is 10.1. The Morgan fingerprint density at radius 1 is 1.40 bits per heavy atom. The molecule has 20 heavy (non-hydrogen) atoms. The molecule has 110 valence electrons. The van der Waals surface area contributed by atoms with Crippen LogP contribution in [0.5, 0.6) is 5.75 Å². The van der Waals surface area contributed by atoms with Crippen molar-refractivity contribution in [2.24, 2.45) is 0 Å². The first-order valence-electron chi connectivity index (χ1n) is 6.93. The second-order valence-electron chi connectivity index (χ2n) is 5.62. The number of hydrogen-bond donors (Lipinski definition) is 1. The van der Waals surface area contributed by atoms with Crippen LogP contribution in [0.15, 0.2) is 23.1 Å². The summed E-state index contributed by atoms with van der Waals surface area (Å²) in [7, 11) is -3.50. The first-order chi connectivity index (χ1) is 9.44. The summed E-state index contributed by atoms with van der Waals surface area (Å²) in [6, 6.07) is 4.98. The van der Waals surface area contributed by atoms with Crippen LogP contribution < -0.4 is 4.74 Å². The smallest absolute Gasteiger partial charge is 0.243 e. The second-order valence-corrected chi connectivity index (χ2v) is 7.55. The minimum absolute atomic E-state index is 0.191. The largest absolute Gasteiger partial charge is 0.493 e. The van der Waals surface area contributed by atoms with Crippen LogP contribution in [0.4, 0.5) is 0 Å². The summed E-state index contributed by atoms with van der Waals surface area (Å²) in [6.07, 6.45) is 2.23. The van der Waals surface area contributed by atoms with Gasteiger partial charge in [0.25, 0.3) is 0 Å². The van der Waals surface area contributed by atoms with E-state index in [2.05, 4.69) is 0 Å². The fourth-order valence-corrected chi connectivity index (χ4v) is 4.53. The van der Waals surface area contributed by atoms with Crippen molar-refractivity contribution < 1.29 is 18.3 Å². The maximum Gasteiger partial charge on any atom is 0.243 e. The van der Waals surface area contributed by atoms with Gasteiger partial charge in [0.1, 0.15) is 5.75 Å². The molecule has 1 N–H and O–H groups in total. The zero-order chi connectivity index (χ0) is 14.4. The van der Waals surface area contributed by atoms with Crippen LogP contribution in [0.3, 0.4) is 0 Å². The highest BCUT2D eigenvalue weighted by molar-refractivity contribution is 7.89. The summed E-state index contributed by atoms with van der Waals surface area (Å²) in [5.41, 5.74) is 0.0946. The van der Waals surface area contributed by atoms with E-state index in [1.54, 1.807) is 18.2 Å². The third-order valence-electron chi connectivity index (χ3n) is 3.96. The lowest BCUT2D eigenvalue weighted by Crippen LogP contribution is -2.63. The lowest BCUT2D eigenvalue weighted by Gasteiger charge is -2.45. The molecule has 0 aromatic heterocycles. The van der Waals surface area contributed by atoms with E-state index in [9.17, 15) is 13.5 Å². The van der Waals surface area contributed by atoms with Gasteiger partial charge < -0.3 is 9.84 Å². The number of sulfonamides is 1. The zero-order valence-electron chi connectivity index (χ0n) is 11.5. The Morgan fingerprint density at radius 2 is 2.15 bits per heavy atom. The highest BCUT2D eigenvalue weighted by Crippen LogP contribution is 2.33. The molecule has 3 rings (SSSR count). The van der Waals surface area contributed by atoms with Crippen LogP contribution in [0.2, 0.25) is 0 Å². The van der Waals surface area contributed by atoms with Crippen molar-refractivity contribution in [2.45, 2.75) is 36.7 Å². The van der Waals surface area contributed by atoms with E-state index in [0.29, 0.717) is 17.9 Å². The summed E-state index contributed by atoms with van der Waals surface area (Å²) >= 11 is 0. The van der Waals surface area contributed by atoms with Crippen LogP contribution in [-0.2, 0) is 16.4 Å². The van der Waals surface area contributed by atoms with Gasteiger partial charge >= 0.3 is 0 Å². The first kappa shape index (κ1) is 13.9. The van der Waals surface area contributed by atoms with Crippen LogP contribution in [0.25, 0.3) is 0 Å². The van der Waals surface area contributed by atoms with Crippen LogP contribution in [-0.4, -0.2) is 43.1 Å². The van der Waals surface area contributed by atoms with Gasteiger partial charge in [-0.3, -0.25) is 0 Å². The molecule has 1 aromatic rings. The molecular formula is C14H19NO4S. The molecule has 2 heterocycles. The van der Waals surface area contributed by atoms with Gasteiger partial charge in [-0.2, -0.15) is 4.31 Å². The number of β-amino-alcohol motifs (C(OH)–C–C–N with tert-alkyl or cyclic N) is 1. The van der Waals surface area contributed by atoms with E-state index >= 15 is 0 Å². The minimum Gasteiger partial charge on any atom is -0.493 e. The summed E-state index contributed by atoms with van der Waals surface area (Å²) < 4.78 is 31.7. The molecule has 1 saturated heterocycles. The van der Waals surface area contributed by atoms with E-state index in [4.69, 9.17) is 4.74 Å². The van der Waals surface area contributed by atoms with Crippen molar-refractivity contribution in [3.05, 3.63) is 23.8 Å². The summed E-state index contributed by atoms with van der Waals surface area (Å²) in [6.45, 7) is 2.97. The van der Waals surface area contributed by atoms with Crippen LogP contribution >= 0.6 is 0 Å². The van der Waals surface area contributed by atoms with Gasteiger partial charge in [-0.05, 0) is 30.2 Å². The maximum absolute atomic E-state index is 12.5. The molecule has 0 amide bonds. The monoisotopic (exact) mass is 297 g/mol. The number of nitrogens with zero attached hydrogens (tertiary/aromatic N) is 1. The lowest BCUT2D eigenvalue weighted by molar-refractivity contribution is -0.0653. The molecule has 0 radical (unpaired) electrons. The molecule has 1 fully saturated rings. The van der Waals surface area contributed by atoms with E-state index in [1.165, 1.54) is 4.31 Å². The van der Waals surface area contributed by atoms with Crippen molar-refractivity contribution in [1.29, 1.82) is 0 Å². The topological polar surface area (TPSA) is 66.8 Å². The number of aliphatic hydroxyl groups is 1. The van der Waals surface area contributed by atoms with Gasteiger partial charge in [-0.25, -0.2) is 8.42 Å². The average molecular weight is 297 g/mol. The fourth-order valence-electron chi connectivity index (χ4n) is 2.88. The molecule has 6 heteroatoms. The Morgan fingerprint density at radius 3 is 2.85 bits per heavy atom. The standard InChI is InChI=1S/C14H19NO4S/c1-2-6-14(16)9-15(10-14)20(17,18)12-3-4-13-11(8-12)5-7-19-13/h3-4,8,16H,2,5-7,9-10H2,1H3. The van der Waals surface area contributed by atoms with E-state index in [-0.39, 0.29) is 13.1 Å². The normalized spacial score (nSPS) is 21.1. The maximum atomic E-state index is 12.5. The van der Waals surface area contributed by atoms with Crippen molar-refractivity contribution in [3.8, 4) is 5.75 Å². The first-order valence-corrected chi connectivity index (χ1v) is 8.37. The van der Waals surface area contributed by atoms with E-state index in [0.717, 1.165) is 24.2 Å². The van der Waals surface area contributed by atoms with E-state index in [1.807, 2.05) is 6.92 Å². The third kappa shape index (κ3) is 2.21. The average Bonchev–Trinajstić information content (AvgIpc) is 2.83. The quantitative estimate of drug-likeness (QED) is 0.905. The van der Waals surface area contributed by atoms with Gasteiger partial charge in [0.2, 0.25) is 10.0 Å². The minimum atomic E-state index is -3.50. The predicted molar refractivity (Wildman–Crippen MR) is 74.3 cm³/mol. The van der Waals surface area contributed by atoms with Crippen LogP contribution in [0.1, 0.15) is 25.3 Å². The van der Waals surface area contributed by atoms with Gasteiger partial charge in [0, 0.05) is 19.5 Å². The Hall–Kier alpha value is -1.11.